The van der Waals surface area contributed by atoms with Gasteiger partial charge in [-0.3, -0.25) is 9.69 Å². The van der Waals surface area contributed by atoms with Gasteiger partial charge in [0.15, 0.2) is 0 Å². The summed E-state index contributed by atoms with van der Waals surface area (Å²) >= 11 is 0. The van der Waals surface area contributed by atoms with Crippen LogP contribution in [0.5, 0.6) is 0 Å². The Kier molecular flexibility index (Phi) is 6.30. The van der Waals surface area contributed by atoms with Crippen molar-refractivity contribution in [2.75, 3.05) is 13.7 Å². The lowest BCUT2D eigenvalue weighted by molar-refractivity contribution is -0.160. The van der Waals surface area contributed by atoms with E-state index < -0.39 is 5.41 Å². The van der Waals surface area contributed by atoms with Crippen LogP contribution >= 0.6 is 0 Å². The van der Waals surface area contributed by atoms with Crippen molar-refractivity contribution in [2.45, 2.75) is 44.8 Å². The van der Waals surface area contributed by atoms with Crippen LogP contribution in [0.1, 0.15) is 43.4 Å². The molecule has 144 valence electrons. The summed E-state index contributed by atoms with van der Waals surface area (Å²) in [5, 5.41) is 10.2. The van der Waals surface area contributed by atoms with Gasteiger partial charge in [-0.05, 0) is 30.9 Å². The van der Waals surface area contributed by atoms with Crippen LogP contribution in [-0.2, 0) is 16.1 Å². The molecular formula is C23H29NO3. The van der Waals surface area contributed by atoms with Crippen molar-refractivity contribution in [3.05, 3.63) is 71.8 Å². The number of aliphatic hydroxyl groups is 1. The Bertz CT molecular complexity index is 734. The molecule has 3 atom stereocenters. The summed E-state index contributed by atoms with van der Waals surface area (Å²) in [5.41, 5.74) is 1.55. The van der Waals surface area contributed by atoms with Crippen molar-refractivity contribution in [1.82, 2.24) is 4.90 Å². The molecule has 1 fully saturated rings. The van der Waals surface area contributed by atoms with Gasteiger partial charge in [0.05, 0.1) is 13.7 Å². The minimum absolute atomic E-state index is 0.0645. The Morgan fingerprint density at radius 1 is 1.19 bits per heavy atom. The summed E-state index contributed by atoms with van der Waals surface area (Å²) in [5.74, 6) is -0.300. The highest BCUT2D eigenvalue weighted by Crippen LogP contribution is 2.45. The molecule has 1 aliphatic rings. The fraction of sp³-hybridized carbons (Fsp3) is 0.435. The number of methoxy groups -OCH3 is 1. The van der Waals surface area contributed by atoms with Gasteiger partial charge in [0, 0.05) is 18.6 Å². The second kappa shape index (κ2) is 8.68. The highest BCUT2D eigenvalue weighted by Gasteiger charge is 2.52. The fourth-order valence-electron chi connectivity index (χ4n) is 4.46. The molecule has 1 N–H and O–H groups in total. The molecule has 0 bridgehead atoms. The van der Waals surface area contributed by atoms with Crippen molar-refractivity contribution in [3.63, 3.8) is 0 Å². The van der Waals surface area contributed by atoms with E-state index in [1.54, 1.807) is 0 Å². The maximum Gasteiger partial charge on any atom is 0.315 e. The molecule has 2 aromatic rings. The van der Waals surface area contributed by atoms with E-state index in [4.69, 9.17) is 4.74 Å². The van der Waals surface area contributed by atoms with Gasteiger partial charge in [0.2, 0.25) is 0 Å². The summed E-state index contributed by atoms with van der Waals surface area (Å²) in [7, 11) is 1.41. The number of carbonyl (C=O) groups is 1. The van der Waals surface area contributed by atoms with Crippen molar-refractivity contribution < 1.29 is 14.6 Å². The molecule has 0 heterocycles. The molecule has 0 unspecified atom stereocenters. The molecule has 0 aromatic heterocycles. The fourth-order valence-corrected chi connectivity index (χ4v) is 4.46. The molecule has 0 amide bonds. The largest absolute Gasteiger partial charge is 0.468 e. The first kappa shape index (κ1) is 19.6. The molecule has 0 spiro atoms. The zero-order chi connectivity index (χ0) is 19.3. The maximum absolute atomic E-state index is 12.7. The first-order chi connectivity index (χ1) is 13.1. The highest BCUT2D eigenvalue weighted by atomic mass is 16.5. The first-order valence-electron chi connectivity index (χ1n) is 9.66. The molecule has 2 aromatic carbocycles. The Balaban J connectivity index is 1.99. The summed E-state index contributed by atoms with van der Waals surface area (Å²) in [6.07, 6.45) is 2.44. The molecule has 0 aliphatic heterocycles. The van der Waals surface area contributed by atoms with Crippen LogP contribution in [0.25, 0.3) is 0 Å². The van der Waals surface area contributed by atoms with E-state index >= 15 is 0 Å². The Hall–Kier alpha value is -2.17. The number of carbonyl (C=O) groups excluding carboxylic acids is 1. The van der Waals surface area contributed by atoms with Crippen LogP contribution in [-0.4, -0.2) is 35.7 Å². The average Bonchev–Trinajstić information content (AvgIpc) is 3.17. The van der Waals surface area contributed by atoms with E-state index in [9.17, 15) is 9.90 Å². The Morgan fingerprint density at radius 3 is 2.41 bits per heavy atom. The lowest BCUT2D eigenvalue weighted by atomic mass is 9.81. The van der Waals surface area contributed by atoms with Gasteiger partial charge in [0.1, 0.15) is 5.41 Å². The number of nitrogens with zero attached hydrogens (tertiary/aromatic N) is 1. The number of ether oxygens (including phenoxy) is 1. The minimum Gasteiger partial charge on any atom is -0.468 e. The molecular weight excluding hydrogens is 338 g/mol. The van der Waals surface area contributed by atoms with Crippen LogP contribution in [0.15, 0.2) is 60.7 Å². The number of aliphatic hydroxyl groups excluding tert-OH is 1. The van der Waals surface area contributed by atoms with E-state index in [1.165, 1.54) is 18.2 Å². The third-order valence-electron chi connectivity index (χ3n) is 6.00. The lowest BCUT2D eigenvalue weighted by Crippen LogP contribution is -2.51. The average molecular weight is 367 g/mol. The standard InChI is InChI=1S/C23H29NO3/c1-18(20-12-7-4-8-13-20)24(16-19-10-5-3-6-11-19)21-14-9-15-23(21,17-25)22(26)27-2/h3-8,10-13,18,21,25H,9,14-17H2,1-2H3/t18-,21-,23-/m1/s1. The summed E-state index contributed by atoms with van der Waals surface area (Å²) in [4.78, 5) is 15.1. The highest BCUT2D eigenvalue weighted by molar-refractivity contribution is 5.78. The predicted molar refractivity (Wildman–Crippen MR) is 106 cm³/mol. The van der Waals surface area contributed by atoms with Gasteiger partial charge in [-0.1, -0.05) is 67.1 Å². The predicted octanol–water partition coefficient (Wildman–Crippen LogP) is 3.95. The Morgan fingerprint density at radius 2 is 1.81 bits per heavy atom. The zero-order valence-electron chi connectivity index (χ0n) is 16.2. The van der Waals surface area contributed by atoms with E-state index in [0.29, 0.717) is 6.42 Å². The van der Waals surface area contributed by atoms with Crippen molar-refractivity contribution in [1.29, 1.82) is 0 Å². The number of benzene rings is 2. The maximum atomic E-state index is 12.7. The topological polar surface area (TPSA) is 49.8 Å². The summed E-state index contributed by atoms with van der Waals surface area (Å²) < 4.78 is 5.12. The van der Waals surface area contributed by atoms with Gasteiger partial charge in [0.25, 0.3) is 0 Å². The SMILES string of the molecule is COC(=O)[C@@]1(CO)CCC[C@H]1N(Cc1ccccc1)[C@H](C)c1ccccc1. The third kappa shape index (κ3) is 3.92. The van der Waals surface area contributed by atoms with Crippen molar-refractivity contribution >= 4 is 5.97 Å². The molecule has 3 rings (SSSR count). The van der Waals surface area contributed by atoms with Gasteiger partial charge >= 0.3 is 5.97 Å². The van der Waals surface area contributed by atoms with Crippen molar-refractivity contribution in [3.8, 4) is 0 Å². The van der Waals surface area contributed by atoms with Gasteiger partial charge in [-0.25, -0.2) is 0 Å². The van der Waals surface area contributed by atoms with Gasteiger partial charge < -0.3 is 9.84 Å². The van der Waals surface area contributed by atoms with Crippen LogP contribution in [0.4, 0.5) is 0 Å². The molecule has 4 heteroatoms. The van der Waals surface area contributed by atoms with Crippen molar-refractivity contribution in [2.24, 2.45) is 5.41 Å². The summed E-state index contributed by atoms with van der Waals surface area (Å²) in [6, 6.07) is 20.7. The van der Waals surface area contributed by atoms with E-state index in [1.807, 2.05) is 36.4 Å². The van der Waals surface area contributed by atoms with E-state index in [-0.39, 0.29) is 24.7 Å². The second-order valence-corrected chi connectivity index (χ2v) is 7.46. The number of rotatable bonds is 7. The first-order valence-corrected chi connectivity index (χ1v) is 9.66. The lowest BCUT2D eigenvalue weighted by Gasteiger charge is -2.42. The third-order valence-corrected chi connectivity index (χ3v) is 6.00. The second-order valence-electron chi connectivity index (χ2n) is 7.46. The number of hydrogen-bond donors (Lipinski definition) is 1. The van der Waals surface area contributed by atoms with Crippen LogP contribution in [0, 0.1) is 5.41 Å². The summed E-state index contributed by atoms with van der Waals surface area (Å²) in [6.45, 7) is 2.72. The van der Waals surface area contributed by atoms with Gasteiger partial charge in [-0.15, -0.1) is 0 Å². The van der Waals surface area contributed by atoms with Crippen LogP contribution < -0.4 is 0 Å². The van der Waals surface area contributed by atoms with E-state index in [0.717, 1.165) is 19.4 Å². The van der Waals surface area contributed by atoms with Gasteiger partial charge in [-0.2, -0.15) is 0 Å². The number of hydrogen-bond acceptors (Lipinski definition) is 4. The Labute approximate surface area is 161 Å². The molecule has 4 nitrogen and oxygen atoms in total. The molecule has 1 aliphatic carbocycles. The minimum atomic E-state index is -0.855. The molecule has 0 radical (unpaired) electrons. The van der Waals surface area contributed by atoms with Crippen LogP contribution in [0.3, 0.4) is 0 Å². The smallest absolute Gasteiger partial charge is 0.315 e. The molecule has 1 saturated carbocycles. The molecule has 27 heavy (non-hydrogen) atoms. The van der Waals surface area contributed by atoms with Crippen LogP contribution in [0.2, 0.25) is 0 Å². The normalized spacial score (nSPS) is 23.3. The quantitative estimate of drug-likeness (QED) is 0.753. The van der Waals surface area contributed by atoms with E-state index in [2.05, 4.69) is 36.1 Å². The monoisotopic (exact) mass is 367 g/mol. The number of esters is 1. The zero-order valence-corrected chi connectivity index (χ0v) is 16.2. The molecule has 0 saturated heterocycles.